The van der Waals surface area contributed by atoms with E-state index in [1.807, 2.05) is 11.3 Å². The van der Waals surface area contributed by atoms with E-state index in [1.165, 1.54) is 22.1 Å². The average Bonchev–Trinajstić information content (AvgIpc) is 2.88. The Balaban J connectivity index is 1.84. The molecule has 3 rings (SSSR count). The molecule has 0 amide bonds. The highest BCUT2D eigenvalue weighted by atomic mass is 32.1. The van der Waals surface area contributed by atoms with Crippen LogP contribution in [-0.2, 0) is 11.2 Å². The number of anilines is 1. The molecule has 118 valence electrons. The van der Waals surface area contributed by atoms with Crippen LogP contribution in [0.5, 0.6) is 0 Å². The molecular weight excluding hydrogens is 282 g/mol. The van der Waals surface area contributed by atoms with Gasteiger partial charge in [0.25, 0.3) is 0 Å². The first kappa shape index (κ1) is 15.3. The second-order valence-corrected chi connectivity index (χ2v) is 8.16. The van der Waals surface area contributed by atoms with Crippen molar-refractivity contribution >= 4 is 16.5 Å². The molecule has 1 aliphatic carbocycles. The molecule has 0 bridgehead atoms. The lowest BCUT2D eigenvalue weighted by Gasteiger charge is -2.34. The Morgan fingerprint density at radius 2 is 2.05 bits per heavy atom. The first-order valence-electron chi connectivity index (χ1n) is 7.97. The molecule has 1 fully saturated rings. The molecule has 1 unspecified atom stereocenters. The number of rotatable bonds is 3. The number of ether oxygens (including phenoxy) is 1. The van der Waals surface area contributed by atoms with Crippen LogP contribution in [-0.4, -0.2) is 38.3 Å². The third kappa shape index (κ3) is 3.10. The standard InChI is InChI=1S/C16H27N3OS/c1-16(2)9-12(17-3)14-13(10-16)18-15(21-14)19(4)11-5-7-20-8-6-11/h11-12,17H,5-10H2,1-4H3. The van der Waals surface area contributed by atoms with Gasteiger partial charge in [0.05, 0.1) is 5.69 Å². The van der Waals surface area contributed by atoms with Crippen LogP contribution in [0.3, 0.4) is 0 Å². The predicted molar refractivity (Wildman–Crippen MR) is 88.3 cm³/mol. The highest BCUT2D eigenvalue weighted by Crippen LogP contribution is 2.44. The molecule has 0 aromatic carbocycles. The summed E-state index contributed by atoms with van der Waals surface area (Å²) >= 11 is 1.88. The largest absolute Gasteiger partial charge is 0.381 e. The molecule has 1 N–H and O–H groups in total. The van der Waals surface area contributed by atoms with E-state index in [0.717, 1.165) is 32.5 Å². The van der Waals surface area contributed by atoms with Crippen LogP contribution < -0.4 is 10.2 Å². The second-order valence-electron chi connectivity index (χ2n) is 7.15. The molecule has 1 aliphatic heterocycles. The molecule has 0 radical (unpaired) electrons. The van der Waals surface area contributed by atoms with Crippen molar-refractivity contribution in [1.29, 1.82) is 0 Å². The minimum Gasteiger partial charge on any atom is -0.381 e. The Kier molecular flexibility index (Phi) is 4.26. The highest BCUT2D eigenvalue weighted by molar-refractivity contribution is 7.15. The Labute approximate surface area is 131 Å². The van der Waals surface area contributed by atoms with Crippen LogP contribution in [0.25, 0.3) is 0 Å². The zero-order chi connectivity index (χ0) is 15.0. The summed E-state index contributed by atoms with van der Waals surface area (Å²) in [5.74, 6) is 0. The van der Waals surface area contributed by atoms with E-state index >= 15 is 0 Å². The SMILES string of the molecule is CNC1CC(C)(C)Cc2nc(N(C)C3CCOCC3)sc21. The van der Waals surface area contributed by atoms with Gasteiger partial charge in [-0.25, -0.2) is 4.98 Å². The summed E-state index contributed by atoms with van der Waals surface area (Å²) in [6.45, 7) is 6.46. The smallest absolute Gasteiger partial charge is 0.185 e. The molecule has 2 heterocycles. The topological polar surface area (TPSA) is 37.4 Å². The molecule has 21 heavy (non-hydrogen) atoms. The zero-order valence-electron chi connectivity index (χ0n) is 13.6. The van der Waals surface area contributed by atoms with Gasteiger partial charge in [-0.3, -0.25) is 0 Å². The maximum Gasteiger partial charge on any atom is 0.185 e. The number of hydrogen-bond donors (Lipinski definition) is 1. The summed E-state index contributed by atoms with van der Waals surface area (Å²) in [7, 11) is 4.26. The summed E-state index contributed by atoms with van der Waals surface area (Å²) in [6, 6.07) is 1.03. The van der Waals surface area contributed by atoms with Gasteiger partial charge in [0.2, 0.25) is 0 Å². The summed E-state index contributed by atoms with van der Waals surface area (Å²) in [5, 5.41) is 4.66. The van der Waals surface area contributed by atoms with Crippen LogP contribution in [0.1, 0.15) is 49.7 Å². The Morgan fingerprint density at radius 1 is 1.33 bits per heavy atom. The molecule has 5 heteroatoms. The van der Waals surface area contributed by atoms with Crippen LogP contribution in [0.15, 0.2) is 0 Å². The van der Waals surface area contributed by atoms with Gasteiger partial charge >= 0.3 is 0 Å². The van der Waals surface area contributed by atoms with Gasteiger partial charge in [0, 0.05) is 37.2 Å². The van der Waals surface area contributed by atoms with Crippen LogP contribution >= 0.6 is 11.3 Å². The molecule has 0 spiro atoms. The lowest BCUT2D eigenvalue weighted by molar-refractivity contribution is 0.0855. The van der Waals surface area contributed by atoms with E-state index in [0.29, 0.717) is 17.5 Å². The minimum absolute atomic E-state index is 0.337. The van der Waals surface area contributed by atoms with Crippen molar-refractivity contribution in [2.24, 2.45) is 5.41 Å². The normalized spacial score (nSPS) is 25.6. The van der Waals surface area contributed by atoms with Crippen LogP contribution in [0, 0.1) is 5.41 Å². The quantitative estimate of drug-likeness (QED) is 0.931. The van der Waals surface area contributed by atoms with Crippen molar-refractivity contribution in [1.82, 2.24) is 10.3 Å². The van der Waals surface area contributed by atoms with E-state index in [9.17, 15) is 0 Å². The second kappa shape index (κ2) is 5.86. The lowest BCUT2D eigenvalue weighted by atomic mass is 9.76. The number of thiazole rings is 1. The van der Waals surface area contributed by atoms with Crippen LogP contribution in [0.2, 0.25) is 0 Å². The molecule has 1 aromatic heterocycles. The van der Waals surface area contributed by atoms with Gasteiger partial charge in [0.15, 0.2) is 5.13 Å². The van der Waals surface area contributed by atoms with Crippen molar-refractivity contribution in [2.75, 3.05) is 32.2 Å². The molecule has 1 aromatic rings. The van der Waals surface area contributed by atoms with Gasteiger partial charge in [0.1, 0.15) is 0 Å². The van der Waals surface area contributed by atoms with E-state index in [2.05, 4.69) is 38.2 Å². The van der Waals surface area contributed by atoms with Crippen molar-refractivity contribution in [3.8, 4) is 0 Å². The van der Waals surface area contributed by atoms with E-state index < -0.39 is 0 Å². The van der Waals surface area contributed by atoms with E-state index in [-0.39, 0.29) is 0 Å². The molecule has 1 saturated heterocycles. The summed E-state index contributed by atoms with van der Waals surface area (Å²) in [5.41, 5.74) is 1.65. The van der Waals surface area contributed by atoms with Gasteiger partial charge in [-0.05, 0) is 38.1 Å². The summed E-state index contributed by atoms with van der Waals surface area (Å²) in [4.78, 5) is 8.81. The van der Waals surface area contributed by atoms with Gasteiger partial charge in [-0.1, -0.05) is 25.2 Å². The number of nitrogens with zero attached hydrogens (tertiary/aromatic N) is 2. The maximum atomic E-state index is 5.48. The van der Waals surface area contributed by atoms with Crippen molar-refractivity contribution in [3.05, 3.63) is 10.6 Å². The number of nitrogens with one attached hydrogen (secondary N) is 1. The van der Waals surface area contributed by atoms with Gasteiger partial charge in [-0.15, -0.1) is 0 Å². The fraction of sp³-hybridized carbons (Fsp3) is 0.812. The summed E-state index contributed by atoms with van der Waals surface area (Å²) in [6.07, 6.45) is 4.52. The molecule has 2 aliphatic rings. The lowest BCUT2D eigenvalue weighted by Crippen LogP contribution is -2.36. The fourth-order valence-electron chi connectivity index (χ4n) is 3.53. The van der Waals surface area contributed by atoms with E-state index in [4.69, 9.17) is 9.72 Å². The third-order valence-electron chi connectivity index (χ3n) is 4.82. The Bertz CT molecular complexity index is 494. The first-order chi connectivity index (χ1) is 10.00. The predicted octanol–water partition coefficient (Wildman–Crippen LogP) is 2.99. The first-order valence-corrected chi connectivity index (χ1v) is 8.79. The zero-order valence-corrected chi connectivity index (χ0v) is 14.4. The van der Waals surface area contributed by atoms with Crippen molar-refractivity contribution in [3.63, 3.8) is 0 Å². The van der Waals surface area contributed by atoms with E-state index in [1.54, 1.807) is 0 Å². The molecule has 1 atom stereocenters. The maximum absolute atomic E-state index is 5.48. The molecule has 4 nitrogen and oxygen atoms in total. The third-order valence-corrected chi connectivity index (χ3v) is 6.13. The Hall–Kier alpha value is -0.650. The number of hydrogen-bond acceptors (Lipinski definition) is 5. The Morgan fingerprint density at radius 3 is 2.71 bits per heavy atom. The monoisotopic (exact) mass is 309 g/mol. The number of fused-ring (bicyclic) bond motifs is 1. The highest BCUT2D eigenvalue weighted by Gasteiger charge is 2.35. The molecular formula is C16H27N3OS. The van der Waals surface area contributed by atoms with Crippen molar-refractivity contribution in [2.45, 2.75) is 51.6 Å². The number of aromatic nitrogens is 1. The van der Waals surface area contributed by atoms with Gasteiger partial charge in [-0.2, -0.15) is 0 Å². The fourth-order valence-corrected chi connectivity index (χ4v) is 4.76. The molecule has 0 saturated carbocycles. The van der Waals surface area contributed by atoms with Gasteiger partial charge < -0.3 is 15.0 Å². The average molecular weight is 309 g/mol. The van der Waals surface area contributed by atoms with Crippen LogP contribution in [0.4, 0.5) is 5.13 Å². The summed E-state index contributed by atoms with van der Waals surface area (Å²) < 4.78 is 5.48. The minimum atomic E-state index is 0.337. The van der Waals surface area contributed by atoms with Crippen molar-refractivity contribution < 1.29 is 4.74 Å².